The van der Waals surface area contributed by atoms with Crippen LogP contribution in [0.5, 0.6) is 0 Å². The summed E-state index contributed by atoms with van der Waals surface area (Å²) in [5, 5.41) is 0. The van der Waals surface area contributed by atoms with E-state index >= 15 is 0 Å². The molecule has 19 heavy (non-hydrogen) atoms. The molecule has 2 heteroatoms. The highest BCUT2D eigenvalue weighted by Crippen LogP contribution is 2.20. The van der Waals surface area contributed by atoms with Crippen molar-refractivity contribution >= 4 is 6.29 Å². The number of hydrogen-bond donors (Lipinski definition) is 0. The number of carbonyl (C=O) groups is 1. The first-order chi connectivity index (χ1) is 9.36. The van der Waals surface area contributed by atoms with Crippen LogP contribution in [0.25, 0.3) is 0 Å². The van der Waals surface area contributed by atoms with Crippen molar-refractivity contribution in [2.75, 3.05) is 7.11 Å². The molecule has 0 spiro atoms. The van der Waals surface area contributed by atoms with E-state index in [1.165, 1.54) is 64.1 Å². The molecule has 0 aliphatic heterocycles. The van der Waals surface area contributed by atoms with Gasteiger partial charge in [0.25, 0.3) is 0 Å². The lowest BCUT2D eigenvalue weighted by Gasteiger charge is -2.16. The molecule has 1 rings (SSSR count). The fourth-order valence-corrected chi connectivity index (χ4v) is 3.11. The summed E-state index contributed by atoms with van der Waals surface area (Å²) < 4.78 is 5.56. The molecule has 1 saturated carbocycles. The fraction of sp³-hybridized carbons (Fsp3) is 0.941. The van der Waals surface area contributed by atoms with Crippen LogP contribution < -0.4 is 0 Å². The van der Waals surface area contributed by atoms with Crippen molar-refractivity contribution in [2.45, 2.75) is 89.6 Å². The summed E-state index contributed by atoms with van der Waals surface area (Å²) in [5.74, 6) is 0.294. The monoisotopic (exact) mass is 268 g/mol. The highest BCUT2D eigenvalue weighted by Gasteiger charge is 2.11. The van der Waals surface area contributed by atoms with Crippen LogP contribution in [-0.2, 0) is 9.53 Å². The Bertz CT molecular complexity index is 215. The van der Waals surface area contributed by atoms with Gasteiger partial charge in [-0.3, -0.25) is 0 Å². The molecule has 1 aliphatic rings. The fourth-order valence-electron chi connectivity index (χ4n) is 3.11. The van der Waals surface area contributed by atoms with E-state index in [1.807, 2.05) is 7.11 Å². The summed E-state index contributed by atoms with van der Waals surface area (Å²) in [5.41, 5.74) is 0. The molecule has 2 atom stereocenters. The minimum absolute atomic E-state index is 0.294. The molecule has 2 unspecified atom stereocenters. The largest absolute Gasteiger partial charge is 0.381 e. The summed E-state index contributed by atoms with van der Waals surface area (Å²) >= 11 is 0. The van der Waals surface area contributed by atoms with Crippen LogP contribution in [-0.4, -0.2) is 19.5 Å². The molecule has 0 aromatic heterocycles. The maximum absolute atomic E-state index is 11.1. The Morgan fingerprint density at radius 3 is 1.79 bits per heavy atom. The molecule has 0 bridgehead atoms. The summed E-state index contributed by atoms with van der Waals surface area (Å²) in [6.45, 7) is 0. The van der Waals surface area contributed by atoms with Gasteiger partial charge in [0.1, 0.15) is 6.29 Å². The van der Waals surface area contributed by atoms with Crippen LogP contribution in [0.3, 0.4) is 0 Å². The quantitative estimate of drug-likeness (QED) is 0.666. The third-order valence-corrected chi connectivity index (χ3v) is 4.48. The molecule has 0 heterocycles. The Morgan fingerprint density at radius 2 is 1.21 bits per heavy atom. The lowest BCUT2D eigenvalue weighted by molar-refractivity contribution is -0.111. The maximum Gasteiger partial charge on any atom is 0.123 e. The zero-order chi connectivity index (χ0) is 13.8. The van der Waals surface area contributed by atoms with Crippen LogP contribution >= 0.6 is 0 Å². The van der Waals surface area contributed by atoms with Gasteiger partial charge in [-0.1, -0.05) is 57.8 Å². The molecule has 0 amide bonds. The Morgan fingerprint density at radius 1 is 0.737 bits per heavy atom. The topological polar surface area (TPSA) is 26.3 Å². The van der Waals surface area contributed by atoms with E-state index in [9.17, 15) is 4.79 Å². The summed E-state index contributed by atoms with van der Waals surface area (Å²) in [4.78, 5) is 11.1. The maximum atomic E-state index is 11.1. The number of hydrogen-bond acceptors (Lipinski definition) is 2. The Balaban J connectivity index is 2.33. The predicted octanol–water partition coefficient (Wildman–Crippen LogP) is 4.90. The van der Waals surface area contributed by atoms with Crippen molar-refractivity contribution in [1.82, 2.24) is 0 Å². The second kappa shape index (κ2) is 11.5. The van der Waals surface area contributed by atoms with Crippen LogP contribution in [0, 0.1) is 5.92 Å². The number of carbonyl (C=O) groups excluding carboxylic acids is 1. The third-order valence-electron chi connectivity index (χ3n) is 4.48. The number of rotatable bonds is 2. The average molecular weight is 268 g/mol. The second-order valence-electron chi connectivity index (χ2n) is 6.09. The first kappa shape index (κ1) is 16.7. The molecular weight excluding hydrogens is 236 g/mol. The van der Waals surface area contributed by atoms with Crippen molar-refractivity contribution in [3.05, 3.63) is 0 Å². The molecule has 0 saturated heterocycles. The van der Waals surface area contributed by atoms with Crippen molar-refractivity contribution in [3.63, 3.8) is 0 Å². The van der Waals surface area contributed by atoms with Gasteiger partial charge in [0.15, 0.2) is 0 Å². The van der Waals surface area contributed by atoms with Gasteiger partial charge in [0.05, 0.1) is 6.10 Å². The third kappa shape index (κ3) is 8.41. The highest BCUT2D eigenvalue weighted by molar-refractivity contribution is 5.53. The minimum Gasteiger partial charge on any atom is -0.381 e. The molecule has 1 fully saturated rings. The number of methoxy groups -OCH3 is 1. The van der Waals surface area contributed by atoms with E-state index in [0.29, 0.717) is 12.0 Å². The average Bonchev–Trinajstić information content (AvgIpc) is 2.45. The van der Waals surface area contributed by atoms with Gasteiger partial charge in [-0.05, 0) is 25.7 Å². The SMILES string of the molecule is COC1CCCCCCCCCCC(C=O)CCC1. The van der Waals surface area contributed by atoms with Crippen LogP contribution in [0.4, 0.5) is 0 Å². The standard InChI is InChI=1S/C17H32O2/c1-19-17-13-9-7-5-3-2-4-6-8-11-16(15-18)12-10-14-17/h15-17H,2-14H2,1H3. The van der Waals surface area contributed by atoms with Gasteiger partial charge in [0, 0.05) is 13.0 Å². The van der Waals surface area contributed by atoms with E-state index in [0.717, 1.165) is 25.7 Å². The highest BCUT2D eigenvalue weighted by atomic mass is 16.5. The van der Waals surface area contributed by atoms with Gasteiger partial charge >= 0.3 is 0 Å². The number of ether oxygens (including phenoxy) is 1. The van der Waals surface area contributed by atoms with Gasteiger partial charge in [0.2, 0.25) is 0 Å². The van der Waals surface area contributed by atoms with Crippen molar-refractivity contribution in [3.8, 4) is 0 Å². The lowest BCUT2D eigenvalue weighted by Crippen LogP contribution is -2.11. The van der Waals surface area contributed by atoms with Crippen molar-refractivity contribution < 1.29 is 9.53 Å². The predicted molar refractivity (Wildman–Crippen MR) is 80.4 cm³/mol. The van der Waals surface area contributed by atoms with Gasteiger partial charge < -0.3 is 9.53 Å². The molecule has 0 aromatic rings. The van der Waals surface area contributed by atoms with Gasteiger partial charge in [-0.25, -0.2) is 0 Å². The normalized spacial score (nSPS) is 29.1. The van der Waals surface area contributed by atoms with Crippen LogP contribution in [0.2, 0.25) is 0 Å². The van der Waals surface area contributed by atoms with Crippen LogP contribution in [0.1, 0.15) is 83.5 Å². The molecule has 0 aromatic carbocycles. The first-order valence-electron chi connectivity index (χ1n) is 8.35. The number of aldehydes is 1. The Labute approximate surface area is 119 Å². The molecule has 0 radical (unpaired) electrons. The second-order valence-corrected chi connectivity index (χ2v) is 6.09. The zero-order valence-electron chi connectivity index (χ0n) is 12.7. The summed E-state index contributed by atoms with van der Waals surface area (Å²) in [6.07, 6.45) is 17.9. The molecule has 2 nitrogen and oxygen atoms in total. The molecule has 0 N–H and O–H groups in total. The van der Waals surface area contributed by atoms with E-state index < -0.39 is 0 Å². The molecule has 1 aliphatic carbocycles. The zero-order valence-corrected chi connectivity index (χ0v) is 12.7. The van der Waals surface area contributed by atoms with Crippen molar-refractivity contribution in [1.29, 1.82) is 0 Å². The summed E-state index contributed by atoms with van der Waals surface area (Å²) in [6, 6.07) is 0. The van der Waals surface area contributed by atoms with Gasteiger partial charge in [-0.2, -0.15) is 0 Å². The van der Waals surface area contributed by atoms with Crippen molar-refractivity contribution in [2.24, 2.45) is 5.92 Å². The van der Waals surface area contributed by atoms with E-state index in [2.05, 4.69) is 0 Å². The molecular formula is C17H32O2. The summed E-state index contributed by atoms with van der Waals surface area (Å²) in [7, 11) is 1.83. The van der Waals surface area contributed by atoms with Gasteiger partial charge in [-0.15, -0.1) is 0 Å². The minimum atomic E-state index is 0.294. The van der Waals surface area contributed by atoms with E-state index in [4.69, 9.17) is 4.74 Å². The Kier molecular flexibility index (Phi) is 10.1. The molecule has 112 valence electrons. The van der Waals surface area contributed by atoms with E-state index in [1.54, 1.807) is 0 Å². The Hall–Kier alpha value is -0.370. The van der Waals surface area contributed by atoms with Crippen LogP contribution in [0.15, 0.2) is 0 Å². The lowest BCUT2D eigenvalue weighted by atomic mass is 9.95. The first-order valence-corrected chi connectivity index (χ1v) is 8.35. The van der Waals surface area contributed by atoms with E-state index in [-0.39, 0.29) is 0 Å². The smallest absolute Gasteiger partial charge is 0.123 e.